The van der Waals surface area contributed by atoms with Gasteiger partial charge >= 0.3 is 0 Å². The van der Waals surface area contributed by atoms with Gasteiger partial charge in [0.15, 0.2) is 0 Å². The van der Waals surface area contributed by atoms with Crippen molar-refractivity contribution in [2.24, 2.45) is 0 Å². The lowest BCUT2D eigenvalue weighted by Crippen LogP contribution is -2.31. The van der Waals surface area contributed by atoms with Crippen LogP contribution in [0.1, 0.15) is 18.1 Å². The van der Waals surface area contributed by atoms with E-state index in [1.165, 1.54) is 0 Å². The van der Waals surface area contributed by atoms with Crippen LogP contribution in [0.3, 0.4) is 0 Å². The third kappa shape index (κ3) is 3.33. The van der Waals surface area contributed by atoms with Gasteiger partial charge in [0.25, 0.3) is 0 Å². The number of aromatic nitrogens is 1. The first-order valence-corrected chi connectivity index (χ1v) is 7.89. The molecule has 2 aromatic carbocycles. The molecule has 2 N–H and O–H groups in total. The van der Waals surface area contributed by atoms with Crippen LogP contribution in [0.5, 0.6) is 0 Å². The molecule has 24 heavy (non-hydrogen) atoms. The summed E-state index contributed by atoms with van der Waals surface area (Å²) < 4.78 is 0. The summed E-state index contributed by atoms with van der Waals surface area (Å²) in [7, 11) is 0. The van der Waals surface area contributed by atoms with Crippen molar-refractivity contribution in [3.8, 4) is 6.07 Å². The van der Waals surface area contributed by atoms with Crippen molar-refractivity contribution in [2.75, 3.05) is 11.9 Å². The fourth-order valence-corrected chi connectivity index (χ4v) is 2.89. The Hall–Kier alpha value is -2.61. The molecular weight excluding hydrogens is 322 g/mol. The summed E-state index contributed by atoms with van der Waals surface area (Å²) in [6, 6.07) is 18.4. The normalized spacial score (nSPS) is 13.2. The number of nitrogens with one attached hydrogen (secondary N) is 1. The maximum Gasteiger partial charge on any atom is 0.126 e. The van der Waals surface area contributed by atoms with E-state index in [1.807, 2.05) is 30.3 Å². The molecular formula is C19H16ClN3O. The van der Waals surface area contributed by atoms with Gasteiger partial charge in [0, 0.05) is 22.5 Å². The Kier molecular flexibility index (Phi) is 4.39. The molecule has 0 spiro atoms. The zero-order valence-electron chi connectivity index (χ0n) is 13.1. The highest BCUT2D eigenvalue weighted by molar-refractivity contribution is 6.31. The van der Waals surface area contributed by atoms with Crippen LogP contribution >= 0.6 is 11.6 Å². The lowest BCUT2D eigenvalue weighted by molar-refractivity contribution is 0.0715. The largest absolute Gasteiger partial charge is 0.384 e. The van der Waals surface area contributed by atoms with E-state index in [9.17, 15) is 5.11 Å². The topological polar surface area (TPSA) is 68.9 Å². The molecule has 0 aliphatic heterocycles. The minimum Gasteiger partial charge on any atom is -0.384 e. The molecule has 4 nitrogen and oxygen atoms in total. The van der Waals surface area contributed by atoms with Crippen molar-refractivity contribution < 1.29 is 5.11 Å². The van der Waals surface area contributed by atoms with E-state index in [2.05, 4.69) is 16.4 Å². The number of halogens is 1. The number of pyridine rings is 1. The van der Waals surface area contributed by atoms with Gasteiger partial charge in [-0.3, -0.25) is 0 Å². The Bertz CT molecular complexity index is 931. The predicted molar refractivity (Wildman–Crippen MR) is 96.0 cm³/mol. The van der Waals surface area contributed by atoms with E-state index < -0.39 is 5.60 Å². The van der Waals surface area contributed by atoms with Crippen molar-refractivity contribution in [2.45, 2.75) is 12.5 Å². The number of hydrogen-bond donors (Lipinski definition) is 2. The van der Waals surface area contributed by atoms with Gasteiger partial charge in [-0.25, -0.2) is 4.98 Å². The number of benzene rings is 2. The molecule has 1 unspecified atom stereocenters. The number of nitrogens with zero attached hydrogens (tertiary/aromatic N) is 2. The Balaban J connectivity index is 1.80. The van der Waals surface area contributed by atoms with E-state index in [-0.39, 0.29) is 6.54 Å². The number of rotatable bonds is 4. The van der Waals surface area contributed by atoms with E-state index in [4.69, 9.17) is 16.9 Å². The van der Waals surface area contributed by atoms with Gasteiger partial charge in [0.2, 0.25) is 0 Å². The highest BCUT2D eigenvalue weighted by Crippen LogP contribution is 2.28. The second-order valence-corrected chi connectivity index (χ2v) is 6.23. The summed E-state index contributed by atoms with van der Waals surface area (Å²) in [6.07, 6.45) is 0. The molecule has 120 valence electrons. The molecule has 1 atom stereocenters. The molecule has 0 saturated carbocycles. The number of anilines is 1. The summed E-state index contributed by atoms with van der Waals surface area (Å²) >= 11 is 6.17. The fraction of sp³-hybridized carbons (Fsp3) is 0.158. The molecule has 0 aliphatic rings. The van der Waals surface area contributed by atoms with Crippen LogP contribution < -0.4 is 5.32 Å². The number of fused-ring (bicyclic) bond motifs is 1. The zero-order valence-corrected chi connectivity index (χ0v) is 13.9. The van der Waals surface area contributed by atoms with Crippen LogP contribution in [-0.4, -0.2) is 16.6 Å². The standard InChI is InChI=1S/C19H16ClN3O/c1-19(24,15-4-2-3-5-16(15)20)12-22-18-9-7-14-10-13(11-21)6-8-17(14)23-18/h2-10,24H,12H2,1H3,(H,22,23). The van der Waals surface area contributed by atoms with E-state index in [1.54, 1.807) is 31.2 Å². The van der Waals surface area contributed by atoms with Crippen molar-refractivity contribution in [1.29, 1.82) is 5.26 Å². The summed E-state index contributed by atoms with van der Waals surface area (Å²) in [5, 5.41) is 24.2. The van der Waals surface area contributed by atoms with Gasteiger partial charge in [-0.15, -0.1) is 0 Å². The lowest BCUT2D eigenvalue weighted by Gasteiger charge is -2.25. The maximum absolute atomic E-state index is 10.7. The van der Waals surface area contributed by atoms with Crippen molar-refractivity contribution in [3.63, 3.8) is 0 Å². The van der Waals surface area contributed by atoms with E-state index >= 15 is 0 Å². The van der Waals surface area contributed by atoms with Crippen LogP contribution in [0.4, 0.5) is 5.82 Å². The molecule has 0 saturated heterocycles. The summed E-state index contributed by atoms with van der Waals surface area (Å²) in [5.41, 5.74) is 0.932. The molecule has 0 aliphatic carbocycles. The summed E-state index contributed by atoms with van der Waals surface area (Å²) in [6.45, 7) is 1.98. The molecule has 1 heterocycles. The smallest absolute Gasteiger partial charge is 0.126 e. The molecule has 1 aromatic heterocycles. The molecule has 0 amide bonds. The van der Waals surface area contributed by atoms with Crippen molar-refractivity contribution in [1.82, 2.24) is 4.98 Å². The van der Waals surface area contributed by atoms with Gasteiger partial charge in [0.1, 0.15) is 11.4 Å². The van der Waals surface area contributed by atoms with Crippen LogP contribution in [-0.2, 0) is 5.60 Å². The quantitative estimate of drug-likeness (QED) is 0.752. The van der Waals surface area contributed by atoms with Gasteiger partial charge in [-0.1, -0.05) is 29.8 Å². The highest BCUT2D eigenvalue weighted by Gasteiger charge is 2.25. The molecule has 0 bridgehead atoms. The van der Waals surface area contributed by atoms with Gasteiger partial charge in [0.05, 0.1) is 17.1 Å². The average Bonchev–Trinajstić information content (AvgIpc) is 2.59. The lowest BCUT2D eigenvalue weighted by atomic mass is 9.96. The first-order chi connectivity index (χ1) is 11.5. The SMILES string of the molecule is CC(O)(CNc1ccc2cc(C#N)ccc2n1)c1ccccc1Cl. The average molecular weight is 338 g/mol. The monoisotopic (exact) mass is 337 g/mol. The van der Waals surface area contributed by atoms with Crippen molar-refractivity contribution >= 4 is 28.3 Å². The Labute approximate surface area is 145 Å². The first kappa shape index (κ1) is 16.3. The molecule has 5 heteroatoms. The van der Waals surface area contributed by atoms with Crippen LogP contribution in [0.2, 0.25) is 5.02 Å². The Morgan fingerprint density at radius 1 is 1.21 bits per heavy atom. The first-order valence-electron chi connectivity index (χ1n) is 7.52. The number of hydrogen-bond acceptors (Lipinski definition) is 4. The van der Waals surface area contributed by atoms with Crippen molar-refractivity contribution in [3.05, 3.63) is 70.7 Å². The van der Waals surface area contributed by atoms with Crippen LogP contribution in [0, 0.1) is 11.3 Å². The molecule has 3 aromatic rings. The Morgan fingerprint density at radius 2 is 2.00 bits per heavy atom. The summed E-state index contributed by atoms with van der Waals surface area (Å²) in [5.74, 6) is 0.652. The highest BCUT2D eigenvalue weighted by atomic mass is 35.5. The molecule has 0 radical (unpaired) electrons. The number of nitriles is 1. The van der Waals surface area contributed by atoms with Gasteiger partial charge < -0.3 is 10.4 Å². The third-order valence-corrected chi connectivity index (χ3v) is 4.22. The number of aliphatic hydroxyl groups is 1. The van der Waals surface area contributed by atoms with E-state index in [0.29, 0.717) is 22.0 Å². The van der Waals surface area contributed by atoms with E-state index in [0.717, 1.165) is 10.9 Å². The molecule has 0 fully saturated rings. The van der Waals surface area contributed by atoms with Gasteiger partial charge in [-0.2, -0.15) is 5.26 Å². The second-order valence-electron chi connectivity index (χ2n) is 5.82. The van der Waals surface area contributed by atoms with Gasteiger partial charge in [-0.05, 0) is 43.3 Å². The predicted octanol–water partition coefficient (Wildman–Crippen LogP) is 4.08. The van der Waals surface area contributed by atoms with Crippen LogP contribution in [0.25, 0.3) is 10.9 Å². The summed E-state index contributed by atoms with van der Waals surface area (Å²) in [4.78, 5) is 4.51. The van der Waals surface area contributed by atoms with Crippen LogP contribution in [0.15, 0.2) is 54.6 Å². The maximum atomic E-state index is 10.7. The zero-order chi connectivity index (χ0) is 17.2. The minimum absolute atomic E-state index is 0.269. The third-order valence-electron chi connectivity index (χ3n) is 3.89. The molecule has 3 rings (SSSR count). The second kappa shape index (κ2) is 6.48. The minimum atomic E-state index is -1.13. The fourth-order valence-electron chi connectivity index (χ4n) is 2.55. The Morgan fingerprint density at radius 3 is 2.75 bits per heavy atom.